The summed E-state index contributed by atoms with van der Waals surface area (Å²) >= 11 is 0. The molecule has 0 saturated carbocycles. The van der Waals surface area contributed by atoms with E-state index >= 15 is 0 Å². The molecule has 0 aliphatic rings. The second-order valence-electron chi connectivity index (χ2n) is 13.5. The molecule has 13 nitrogen and oxygen atoms in total. The Bertz CT molecular complexity index is 604. The lowest BCUT2D eigenvalue weighted by molar-refractivity contribution is -0.0277. The van der Waals surface area contributed by atoms with Gasteiger partial charge in [-0.1, -0.05) is 103 Å². The van der Waals surface area contributed by atoms with E-state index < -0.39 is 0 Å². The van der Waals surface area contributed by atoms with Crippen LogP contribution in [0.4, 0.5) is 0 Å². The fourth-order valence-corrected chi connectivity index (χ4v) is 5.43. The van der Waals surface area contributed by atoms with Gasteiger partial charge in [0.1, 0.15) is 0 Å². The van der Waals surface area contributed by atoms with Crippen LogP contribution in [0.5, 0.6) is 0 Å². The molecule has 0 atom stereocenters. The topological polar surface area (TPSA) is 134 Å². The molecule has 0 radical (unpaired) electrons. The first-order valence-electron chi connectivity index (χ1n) is 22.1. The third kappa shape index (κ3) is 53.5. The molecule has 0 saturated heterocycles. The third-order valence-electron chi connectivity index (χ3n) is 8.59. The van der Waals surface area contributed by atoms with E-state index in [1.807, 2.05) is 0 Å². The van der Waals surface area contributed by atoms with Crippen LogP contribution in [-0.2, 0) is 52.1 Å². The number of ether oxygens (including phenoxy) is 11. The summed E-state index contributed by atoms with van der Waals surface area (Å²) in [5.41, 5.74) is 0. The molecule has 332 valence electrons. The largest absolute Gasteiger partial charge is 0.394 e. The molecule has 0 aromatic rings. The van der Waals surface area contributed by atoms with Crippen molar-refractivity contribution in [3.05, 3.63) is 0 Å². The highest BCUT2D eigenvalue weighted by Gasteiger charge is 1.98. The van der Waals surface area contributed by atoms with E-state index in [0.29, 0.717) is 139 Å². The van der Waals surface area contributed by atoms with Crippen LogP contribution in [0.1, 0.15) is 110 Å². The van der Waals surface area contributed by atoms with Crippen molar-refractivity contribution in [1.29, 1.82) is 0 Å². The predicted molar refractivity (Wildman–Crippen MR) is 219 cm³/mol. The molecule has 13 heteroatoms. The van der Waals surface area contributed by atoms with Crippen LogP contribution in [0.2, 0.25) is 0 Å². The molecule has 0 aliphatic heterocycles. The quantitative estimate of drug-likeness (QED) is 0.0697. The van der Waals surface area contributed by atoms with Crippen LogP contribution >= 0.6 is 0 Å². The Morgan fingerprint density at radius 2 is 0.473 bits per heavy atom. The molecule has 0 unspecified atom stereocenters. The van der Waals surface area contributed by atoms with Gasteiger partial charge >= 0.3 is 0 Å². The summed E-state index contributed by atoms with van der Waals surface area (Å²) in [6, 6.07) is 0. The van der Waals surface area contributed by atoms with E-state index in [2.05, 4.69) is 12.2 Å². The molecule has 55 heavy (non-hydrogen) atoms. The van der Waals surface area contributed by atoms with Crippen molar-refractivity contribution in [2.24, 2.45) is 0 Å². The monoisotopic (exact) mass is 798 g/mol. The lowest BCUT2D eigenvalue weighted by atomic mass is 10.0. The zero-order valence-corrected chi connectivity index (χ0v) is 35.4. The van der Waals surface area contributed by atoms with E-state index in [-0.39, 0.29) is 6.61 Å². The van der Waals surface area contributed by atoms with Gasteiger partial charge in [-0.3, -0.25) is 0 Å². The molecule has 0 bridgehead atoms. The predicted octanol–water partition coefficient (Wildman–Crippen LogP) is 6.01. The molecular weight excluding hydrogens is 710 g/mol. The fraction of sp³-hybridized carbons (Fsp3) is 1.00. The first-order chi connectivity index (χ1) is 27.4. The second kappa shape index (κ2) is 53.5. The number of unbranched alkanes of at least 4 members (excludes halogenated alkanes) is 15. The maximum absolute atomic E-state index is 8.60. The maximum Gasteiger partial charge on any atom is 0.0701 e. The van der Waals surface area contributed by atoms with E-state index in [0.717, 1.165) is 19.7 Å². The molecule has 0 rings (SSSR count). The molecule has 2 N–H and O–H groups in total. The molecular formula is C42H87NO12. The van der Waals surface area contributed by atoms with Gasteiger partial charge in [-0.15, -0.1) is 0 Å². The molecule has 0 spiro atoms. The SMILES string of the molecule is CCCCCCCCCCCCCCCCCCNCCOCCOCCOCCOCCOCCOCCOCCOCCOCCOCCOCCO. The average Bonchev–Trinajstić information content (AvgIpc) is 3.20. The number of hydrogen-bond acceptors (Lipinski definition) is 13. The van der Waals surface area contributed by atoms with Crippen LogP contribution in [0.25, 0.3) is 0 Å². The van der Waals surface area contributed by atoms with Crippen LogP contribution in [0.15, 0.2) is 0 Å². The average molecular weight is 798 g/mol. The Morgan fingerprint density at radius 1 is 0.255 bits per heavy atom. The first kappa shape index (κ1) is 54.5. The van der Waals surface area contributed by atoms with Crippen LogP contribution in [-0.4, -0.2) is 170 Å². The van der Waals surface area contributed by atoms with Gasteiger partial charge in [-0.25, -0.2) is 0 Å². The van der Waals surface area contributed by atoms with Crippen molar-refractivity contribution < 1.29 is 57.2 Å². The number of hydrogen-bond donors (Lipinski definition) is 2. The summed E-state index contributed by atoms with van der Waals surface area (Å²) in [6.45, 7) is 15.9. The van der Waals surface area contributed by atoms with Gasteiger partial charge in [0, 0.05) is 6.54 Å². The number of aliphatic hydroxyl groups excluding tert-OH is 1. The van der Waals surface area contributed by atoms with Crippen LogP contribution in [0, 0.1) is 0 Å². The van der Waals surface area contributed by atoms with E-state index in [9.17, 15) is 0 Å². The van der Waals surface area contributed by atoms with Crippen molar-refractivity contribution in [3.63, 3.8) is 0 Å². The summed E-state index contributed by atoms with van der Waals surface area (Å²) in [4.78, 5) is 0. The highest BCUT2D eigenvalue weighted by molar-refractivity contribution is 4.52. The molecule has 0 aliphatic carbocycles. The smallest absolute Gasteiger partial charge is 0.0701 e. The normalized spacial score (nSPS) is 11.7. The minimum Gasteiger partial charge on any atom is -0.394 e. The van der Waals surface area contributed by atoms with E-state index in [1.54, 1.807) is 0 Å². The standard InChI is InChI=1S/C42H87NO12/c1-2-3-4-5-6-7-8-9-10-11-12-13-14-15-16-17-18-43-19-21-45-23-25-47-27-29-49-31-33-51-35-37-53-39-41-55-42-40-54-38-36-52-34-32-50-30-28-48-26-24-46-22-20-44/h43-44H,2-42H2,1H3. The summed E-state index contributed by atoms with van der Waals surface area (Å²) in [7, 11) is 0. The number of aliphatic hydroxyl groups is 1. The van der Waals surface area contributed by atoms with Crippen molar-refractivity contribution in [2.45, 2.75) is 110 Å². The van der Waals surface area contributed by atoms with Gasteiger partial charge in [0.2, 0.25) is 0 Å². The zero-order chi connectivity index (χ0) is 39.5. The Morgan fingerprint density at radius 3 is 0.727 bits per heavy atom. The Labute approximate surface area is 336 Å². The molecule has 0 heterocycles. The van der Waals surface area contributed by atoms with E-state index in [1.165, 1.54) is 103 Å². The van der Waals surface area contributed by atoms with E-state index in [4.69, 9.17) is 57.2 Å². The summed E-state index contributed by atoms with van der Waals surface area (Å²) in [5.74, 6) is 0. The van der Waals surface area contributed by atoms with Crippen LogP contribution < -0.4 is 5.32 Å². The van der Waals surface area contributed by atoms with Gasteiger partial charge in [0.05, 0.1) is 152 Å². The van der Waals surface area contributed by atoms with Gasteiger partial charge in [-0.05, 0) is 13.0 Å². The Balaban J connectivity index is 3.05. The molecule has 0 aromatic heterocycles. The number of nitrogens with one attached hydrogen (secondary N) is 1. The third-order valence-corrected chi connectivity index (χ3v) is 8.59. The molecule has 0 fully saturated rings. The Kier molecular flexibility index (Phi) is 53.0. The fourth-order valence-electron chi connectivity index (χ4n) is 5.43. The second-order valence-corrected chi connectivity index (χ2v) is 13.5. The highest BCUT2D eigenvalue weighted by Crippen LogP contribution is 2.13. The van der Waals surface area contributed by atoms with Crippen molar-refractivity contribution in [3.8, 4) is 0 Å². The van der Waals surface area contributed by atoms with Crippen molar-refractivity contribution in [2.75, 3.05) is 165 Å². The number of rotatable bonds is 52. The highest BCUT2D eigenvalue weighted by atomic mass is 16.6. The van der Waals surface area contributed by atoms with Crippen LogP contribution in [0.3, 0.4) is 0 Å². The summed E-state index contributed by atoms with van der Waals surface area (Å²) < 4.78 is 60.1. The minimum atomic E-state index is 0.0278. The zero-order valence-electron chi connectivity index (χ0n) is 35.4. The lowest BCUT2D eigenvalue weighted by Gasteiger charge is -2.09. The summed E-state index contributed by atoms with van der Waals surface area (Å²) in [5, 5.41) is 12.1. The lowest BCUT2D eigenvalue weighted by Crippen LogP contribution is -2.22. The molecule has 0 aromatic carbocycles. The molecule has 0 amide bonds. The minimum absolute atomic E-state index is 0.0278. The summed E-state index contributed by atoms with van der Waals surface area (Å²) in [6.07, 6.45) is 22.5. The first-order valence-corrected chi connectivity index (χ1v) is 22.1. The van der Waals surface area contributed by atoms with Crippen molar-refractivity contribution in [1.82, 2.24) is 5.32 Å². The maximum atomic E-state index is 8.60. The van der Waals surface area contributed by atoms with Crippen molar-refractivity contribution >= 4 is 0 Å². The van der Waals surface area contributed by atoms with Gasteiger partial charge < -0.3 is 62.5 Å². The van der Waals surface area contributed by atoms with Gasteiger partial charge in [0.15, 0.2) is 0 Å². The Hall–Kier alpha value is -0.520. The van der Waals surface area contributed by atoms with Gasteiger partial charge in [-0.2, -0.15) is 0 Å². The van der Waals surface area contributed by atoms with Gasteiger partial charge in [0.25, 0.3) is 0 Å².